The van der Waals surface area contributed by atoms with Crippen LogP contribution in [0, 0.1) is 20.8 Å². The lowest BCUT2D eigenvalue weighted by Gasteiger charge is -2.18. The Balaban J connectivity index is 1.68. The van der Waals surface area contributed by atoms with Crippen LogP contribution in [0.1, 0.15) is 29.4 Å². The molecule has 0 spiro atoms. The Hall–Kier alpha value is -3.08. The molecule has 5 nitrogen and oxygen atoms in total. The Bertz CT molecular complexity index is 946. The monoisotopic (exact) mass is 363 g/mol. The van der Waals surface area contributed by atoms with E-state index in [2.05, 4.69) is 10.3 Å². The maximum absolute atomic E-state index is 12.5. The van der Waals surface area contributed by atoms with Gasteiger partial charge in [-0.1, -0.05) is 30.3 Å². The number of rotatable bonds is 6. The molecule has 1 amide bonds. The van der Waals surface area contributed by atoms with Crippen LogP contribution in [0.3, 0.4) is 0 Å². The summed E-state index contributed by atoms with van der Waals surface area (Å²) in [7, 11) is 0. The van der Waals surface area contributed by atoms with Crippen molar-refractivity contribution in [3.63, 3.8) is 0 Å². The molecular formula is C22H25N3O2. The van der Waals surface area contributed by atoms with Gasteiger partial charge in [0.15, 0.2) is 6.10 Å². The second-order valence-electron chi connectivity index (χ2n) is 6.72. The summed E-state index contributed by atoms with van der Waals surface area (Å²) in [4.78, 5) is 16.8. The number of nitrogens with one attached hydrogen (secondary N) is 1. The molecule has 1 atom stereocenters. The molecule has 1 aromatic heterocycles. The minimum absolute atomic E-state index is 0.145. The van der Waals surface area contributed by atoms with Gasteiger partial charge in [-0.15, -0.1) is 0 Å². The number of amides is 1. The van der Waals surface area contributed by atoms with Crippen molar-refractivity contribution in [3.05, 3.63) is 77.4 Å². The maximum Gasteiger partial charge on any atom is 0.261 e. The fraction of sp³-hybridized carbons (Fsp3) is 0.273. The Morgan fingerprint density at radius 1 is 1.19 bits per heavy atom. The standard InChI is InChI=1S/C22H25N3O2/c1-15-9-10-16(2)21(13-15)27-17(3)22(26)24-14-19-7-5-6-8-20(19)25-12-11-23-18(25)4/h5-13,17H,14H2,1-4H3,(H,24,26)/t17-/m0/s1. The summed E-state index contributed by atoms with van der Waals surface area (Å²) in [6.07, 6.45) is 3.11. The molecular weight excluding hydrogens is 338 g/mol. The summed E-state index contributed by atoms with van der Waals surface area (Å²) in [5.74, 6) is 1.50. The number of ether oxygens (including phenoxy) is 1. The summed E-state index contributed by atoms with van der Waals surface area (Å²) in [5, 5.41) is 2.98. The summed E-state index contributed by atoms with van der Waals surface area (Å²) >= 11 is 0. The molecule has 0 saturated carbocycles. The van der Waals surface area contributed by atoms with Gasteiger partial charge in [-0.25, -0.2) is 4.98 Å². The lowest BCUT2D eigenvalue weighted by molar-refractivity contribution is -0.127. The van der Waals surface area contributed by atoms with Gasteiger partial charge in [0.1, 0.15) is 11.6 Å². The summed E-state index contributed by atoms with van der Waals surface area (Å²) in [5.41, 5.74) is 4.15. The highest BCUT2D eigenvalue weighted by atomic mass is 16.5. The van der Waals surface area contributed by atoms with Gasteiger partial charge in [0.2, 0.25) is 0 Å². The molecule has 5 heteroatoms. The second-order valence-corrected chi connectivity index (χ2v) is 6.72. The topological polar surface area (TPSA) is 56.1 Å². The van der Waals surface area contributed by atoms with Crippen molar-refractivity contribution in [2.45, 2.75) is 40.3 Å². The van der Waals surface area contributed by atoms with Crippen molar-refractivity contribution in [3.8, 4) is 11.4 Å². The number of para-hydroxylation sites is 1. The highest BCUT2D eigenvalue weighted by Crippen LogP contribution is 2.21. The molecule has 0 saturated heterocycles. The van der Waals surface area contributed by atoms with Gasteiger partial charge in [-0.05, 0) is 56.5 Å². The normalized spacial score (nSPS) is 11.9. The molecule has 0 radical (unpaired) electrons. The zero-order valence-electron chi connectivity index (χ0n) is 16.2. The van der Waals surface area contributed by atoms with Crippen molar-refractivity contribution in [1.29, 1.82) is 0 Å². The molecule has 0 aliphatic heterocycles. The van der Waals surface area contributed by atoms with E-state index >= 15 is 0 Å². The molecule has 0 bridgehead atoms. The molecule has 3 rings (SSSR count). The molecule has 0 fully saturated rings. The van der Waals surface area contributed by atoms with Crippen LogP contribution < -0.4 is 10.1 Å². The number of hydrogen-bond acceptors (Lipinski definition) is 3. The van der Waals surface area contributed by atoms with Crippen LogP contribution >= 0.6 is 0 Å². The first-order valence-corrected chi connectivity index (χ1v) is 9.05. The highest BCUT2D eigenvalue weighted by molar-refractivity contribution is 5.80. The van der Waals surface area contributed by atoms with E-state index < -0.39 is 6.10 Å². The number of benzene rings is 2. The second kappa shape index (κ2) is 8.08. The van der Waals surface area contributed by atoms with E-state index in [1.54, 1.807) is 13.1 Å². The third kappa shape index (κ3) is 4.37. The van der Waals surface area contributed by atoms with E-state index in [9.17, 15) is 4.79 Å². The average Bonchev–Trinajstić information content (AvgIpc) is 3.08. The Morgan fingerprint density at radius 2 is 1.96 bits per heavy atom. The van der Waals surface area contributed by atoms with Crippen molar-refractivity contribution < 1.29 is 9.53 Å². The predicted octanol–water partition coefficient (Wildman–Crippen LogP) is 3.88. The van der Waals surface area contributed by atoms with Crippen LogP contribution in [0.2, 0.25) is 0 Å². The van der Waals surface area contributed by atoms with Gasteiger partial charge in [0.25, 0.3) is 5.91 Å². The number of aryl methyl sites for hydroxylation is 3. The predicted molar refractivity (Wildman–Crippen MR) is 106 cm³/mol. The Labute approximate surface area is 160 Å². The fourth-order valence-corrected chi connectivity index (χ4v) is 2.93. The minimum Gasteiger partial charge on any atom is -0.481 e. The van der Waals surface area contributed by atoms with Gasteiger partial charge in [0.05, 0.1) is 5.69 Å². The molecule has 0 unspecified atom stereocenters. The highest BCUT2D eigenvalue weighted by Gasteiger charge is 2.16. The molecule has 2 aromatic carbocycles. The molecule has 0 aliphatic rings. The first kappa shape index (κ1) is 18.7. The van der Waals surface area contributed by atoms with Crippen LogP contribution in [0.5, 0.6) is 5.75 Å². The number of aromatic nitrogens is 2. The maximum atomic E-state index is 12.5. The molecule has 0 aliphatic carbocycles. The number of carbonyl (C=O) groups excluding carboxylic acids is 1. The smallest absolute Gasteiger partial charge is 0.261 e. The van der Waals surface area contributed by atoms with E-state index in [0.717, 1.165) is 34.0 Å². The van der Waals surface area contributed by atoms with Crippen LogP contribution in [0.4, 0.5) is 0 Å². The fourth-order valence-electron chi connectivity index (χ4n) is 2.93. The number of nitrogens with zero attached hydrogens (tertiary/aromatic N) is 2. The SMILES string of the molecule is Cc1ccc(C)c(O[C@@H](C)C(=O)NCc2ccccc2-n2ccnc2C)c1. The van der Waals surface area contributed by atoms with Gasteiger partial charge in [-0.2, -0.15) is 0 Å². The van der Waals surface area contributed by atoms with Gasteiger partial charge < -0.3 is 14.6 Å². The average molecular weight is 363 g/mol. The number of carbonyl (C=O) groups is 1. The molecule has 27 heavy (non-hydrogen) atoms. The molecule has 140 valence electrons. The lowest BCUT2D eigenvalue weighted by Crippen LogP contribution is -2.36. The summed E-state index contributed by atoms with van der Waals surface area (Å²) in [6.45, 7) is 8.13. The van der Waals surface area contributed by atoms with E-state index in [0.29, 0.717) is 6.54 Å². The summed E-state index contributed by atoms with van der Waals surface area (Å²) in [6, 6.07) is 14.0. The van der Waals surface area contributed by atoms with Crippen molar-refractivity contribution in [2.24, 2.45) is 0 Å². The van der Waals surface area contributed by atoms with Crippen LogP contribution in [-0.4, -0.2) is 21.6 Å². The van der Waals surface area contributed by atoms with Crippen molar-refractivity contribution in [2.75, 3.05) is 0 Å². The minimum atomic E-state index is -0.576. The van der Waals surface area contributed by atoms with Gasteiger partial charge in [-0.3, -0.25) is 4.79 Å². The molecule has 3 aromatic rings. The quantitative estimate of drug-likeness (QED) is 0.723. The van der Waals surface area contributed by atoms with E-state index in [4.69, 9.17) is 4.74 Å². The third-order valence-electron chi connectivity index (χ3n) is 4.55. The van der Waals surface area contributed by atoms with Gasteiger partial charge >= 0.3 is 0 Å². The molecule has 1 N–H and O–H groups in total. The van der Waals surface area contributed by atoms with Crippen LogP contribution in [0.25, 0.3) is 5.69 Å². The van der Waals surface area contributed by atoms with E-state index in [1.165, 1.54) is 0 Å². The summed E-state index contributed by atoms with van der Waals surface area (Å²) < 4.78 is 7.88. The molecule has 1 heterocycles. The number of hydrogen-bond donors (Lipinski definition) is 1. The van der Waals surface area contributed by atoms with Gasteiger partial charge in [0, 0.05) is 18.9 Å². The van der Waals surface area contributed by atoms with Crippen molar-refractivity contribution in [1.82, 2.24) is 14.9 Å². The largest absolute Gasteiger partial charge is 0.481 e. The Morgan fingerprint density at radius 3 is 2.70 bits per heavy atom. The Kier molecular flexibility index (Phi) is 5.60. The zero-order valence-corrected chi connectivity index (χ0v) is 16.2. The lowest BCUT2D eigenvalue weighted by atomic mass is 10.1. The van der Waals surface area contributed by atoms with Crippen LogP contribution in [-0.2, 0) is 11.3 Å². The van der Waals surface area contributed by atoms with E-state index in [-0.39, 0.29) is 5.91 Å². The van der Waals surface area contributed by atoms with E-state index in [1.807, 2.05) is 74.0 Å². The van der Waals surface area contributed by atoms with Crippen LogP contribution in [0.15, 0.2) is 54.9 Å². The number of imidazole rings is 1. The first-order valence-electron chi connectivity index (χ1n) is 9.05. The van der Waals surface area contributed by atoms with Crippen molar-refractivity contribution >= 4 is 5.91 Å². The third-order valence-corrected chi connectivity index (χ3v) is 4.55. The zero-order chi connectivity index (χ0) is 19.4. The first-order chi connectivity index (χ1) is 13.0.